The highest BCUT2D eigenvalue weighted by Gasteiger charge is 2.27. The second-order valence-electron chi connectivity index (χ2n) is 3.63. The number of amides is 1. The molecule has 0 radical (unpaired) electrons. The molecule has 14 heavy (non-hydrogen) atoms. The van der Waals surface area contributed by atoms with Gasteiger partial charge >= 0.3 is 6.09 Å². The fraction of sp³-hybridized carbons (Fsp3) is 0.889. The molecule has 1 aliphatic rings. The van der Waals surface area contributed by atoms with E-state index in [1.54, 1.807) is 0 Å². The van der Waals surface area contributed by atoms with Gasteiger partial charge in [-0.2, -0.15) is 0 Å². The van der Waals surface area contributed by atoms with Crippen molar-refractivity contribution in [1.82, 2.24) is 4.90 Å². The zero-order chi connectivity index (χ0) is 10.6. The standard InChI is InChI=1S/C9H17NO4/c1-14-6-10(9(12)13)7-2-4-8(11)5-3-7/h7-8,11H,2-6H2,1H3,(H,12,13). The first kappa shape index (κ1) is 11.3. The molecule has 0 bridgehead atoms. The zero-order valence-electron chi connectivity index (χ0n) is 8.35. The molecule has 0 aromatic heterocycles. The van der Waals surface area contributed by atoms with Gasteiger partial charge in [-0.15, -0.1) is 0 Å². The summed E-state index contributed by atoms with van der Waals surface area (Å²) in [5, 5.41) is 18.2. The number of aliphatic hydroxyl groups is 1. The highest BCUT2D eigenvalue weighted by Crippen LogP contribution is 2.23. The molecule has 1 aliphatic carbocycles. The first-order chi connectivity index (χ1) is 6.65. The van der Waals surface area contributed by atoms with E-state index in [0.717, 1.165) is 12.8 Å². The quantitative estimate of drug-likeness (QED) is 0.668. The lowest BCUT2D eigenvalue weighted by Gasteiger charge is -2.33. The first-order valence-electron chi connectivity index (χ1n) is 4.81. The predicted octanol–water partition coefficient (Wildman–Crippen LogP) is 0.874. The van der Waals surface area contributed by atoms with Gasteiger partial charge in [0.1, 0.15) is 6.73 Å². The van der Waals surface area contributed by atoms with E-state index in [1.165, 1.54) is 12.0 Å². The van der Waals surface area contributed by atoms with E-state index in [1.807, 2.05) is 0 Å². The summed E-state index contributed by atoms with van der Waals surface area (Å²) in [7, 11) is 1.48. The van der Waals surface area contributed by atoms with Gasteiger partial charge in [-0.3, -0.25) is 4.90 Å². The van der Waals surface area contributed by atoms with E-state index in [2.05, 4.69) is 0 Å². The molecule has 0 unspecified atom stereocenters. The SMILES string of the molecule is COCN(C(=O)O)C1CCC(O)CC1. The molecule has 1 rings (SSSR count). The van der Waals surface area contributed by atoms with Gasteiger partial charge in [0.25, 0.3) is 0 Å². The number of rotatable bonds is 3. The van der Waals surface area contributed by atoms with Gasteiger partial charge in [0.05, 0.1) is 6.10 Å². The Morgan fingerprint density at radius 1 is 1.43 bits per heavy atom. The maximum absolute atomic E-state index is 10.9. The number of carbonyl (C=O) groups is 1. The molecule has 1 fully saturated rings. The van der Waals surface area contributed by atoms with Crippen molar-refractivity contribution in [3.8, 4) is 0 Å². The van der Waals surface area contributed by atoms with Crippen molar-refractivity contribution in [2.45, 2.75) is 37.8 Å². The monoisotopic (exact) mass is 203 g/mol. The normalized spacial score (nSPS) is 27.3. The van der Waals surface area contributed by atoms with E-state index < -0.39 is 6.09 Å². The van der Waals surface area contributed by atoms with Crippen LogP contribution >= 0.6 is 0 Å². The fourth-order valence-corrected chi connectivity index (χ4v) is 1.83. The van der Waals surface area contributed by atoms with Gasteiger partial charge in [-0.25, -0.2) is 4.79 Å². The molecular weight excluding hydrogens is 186 g/mol. The highest BCUT2D eigenvalue weighted by molar-refractivity contribution is 5.65. The van der Waals surface area contributed by atoms with E-state index in [4.69, 9.17) is 9.84 Å². The third kappa shape index (κ3) is 2.85. The summed E-state index contributed by atoms with van der Waals surface area (Å²) in [5.74, 6) is 0. The molecule has 2 N–H and O–H groups in total. The molecule has 0 heterocycles. The number of carboxylic acid groups (broad SMARTS) is 1. The first-order valence-corrected chi connectivity index (χ1v) is 4.81. The molecule has 5 nitrogen and oxygen atoms in total. The zero-order valence-corrected chi connectivity index (χ0v) is 8.35. The number of nitrogens with zero attached hydrogens (tertiary/aromatic N) is 1. The Balaban J connectivity index is 2.47. The van der Waals surface area contributed by atoms with E-state index in [0.29, 0.717) is 12.8 Å². The van der Waals surface area contributed by atoms with Crippen LogP contribution < -0.4 is 0 Å². The van der Waals surface area contributed by atoms with Crippen molar-refractivity contribution in [3.05, 3.63) is 0 Å². The average Bonchev–Trinajstić information content (AvgIpc) is 2.15. The summed E-state index contributed by atoms with van der Waals surface area (Å²) < 4.78 is 4.83. The van der Waals surface area contributed by atoms with E-state index in [9.17, 15) is 9.90 Å². The number of hydrogen-bond acceptors (Lipinski definition) is 3. The number of hydrogen-bond donors (Lipinski definition) is 2. The maximum Gasteiger partial charge on any atom is 0.409 e. The Kier molecular flexibility index (Phi) is 4.16. The maximum atomic E-state index is 10.9. The summed E-state index contributed by atoms with van der Waals surface area (Å²) in [6, 6.07) is -0.00384. The molecule has 0 atom stereocenters. The van der Waals surface area contributed by atoms with Crippen LogP contribution in [-0.4, -0.2) is 47.2 Å². The van der Waals surface area contributed by atoms with Crippen LogP contribution in [0.1, 0.15) is 25.7 Å². The minimum Gasteiger partial charge on any atom is -0.465 e. The molecule has 1 amide bonds. The summed E-state index contributed by atoms with van der Waals surface area (Å²) in [5.41, 5.74) is 0. The van der Waals surface area contributed by atoms with Gasteiger partial charge < -0.3 is 14.9 Å². The Labute approximate surface area is 83.3 Å². The van der Waals surface area contributed by atoms with Crippen LogP contribution in [0.2, 0.25) is 0 Å². The van der Waals surface area contributed by atoms with Crippen molar-refractivity contribution < 1.29 is 19.7 Å². The van der Waals surface area contributed by atoms with Crippen LogP contribution in [0.25, 0.3) is 0 Å². The second kappa shape index (κ2) is 5.17. The number of methoxy groups -OCH3 is 1. The Morgan fingerprint density at radius 3 is 2.43 bits per heavy atom. The molecule has 0 aromatic rings. The van der Waals surface area contributed by atoms with Crippen molar-refractivity contribution >= 4 is 6.09 Å². The fourth-order valence-electron chi connectivity index (χ4n) is 1.83. The van der Waals surface area contributed by atoms with Crippen LogP contribution in [0.3, 0.4) is 0 Å². The minimum atomic E-state index is -0.951. The van der Waals surface area contributed by atoms with Crippen LogP contribution in [0.4, 0.5) is 4.79 Å². The van der Waals surface area contributed by atoms with Gasteiger partial charge in [-0.05, 0) is 25.7 Å². The Bertz CT molecular complexity index is 189. The molecule has 0 aromatic carbocycles. The van der Waals surface area contributed by atoms with Crippen LogP contribution in [0.5, 0.6) is 0 Å². The van der Waals surface area contributed by atoms with Crippen molar-refractivity contribution in [2.75, 3.05) is 13.8 Å². The summed E-state index contributed by atoms with van der Waals surface area (Å²) >= 11 is 0. The lowest BCUT2D eigenvalue weighted by Crippen LogP contribution is -2.43. The Hall–Kier alpha value is -0.810. The third-order valence-corrected chi connectivity index (χ3v) is 2.62. The lowest BCUT2D eigenvalue weighted by molar-refractivity contribution is 0.0112. The lowest BCUT2D eigenvalue weighted by atomic mass is 9.92. The summed E-state index contributed by atoms with van der Waals surface area (Å²) in [4.78, 5) is 12.2. The highest BCUT2D eigenvalue weighted by atomic mass is 16.5. The second-order valence-corrected chi connectivity index (χ2v) is 3.63. The number of aliphatic hydroxyl groups excluding tert-OH is 1. The molecule has 5 heteroatoms. The Morgan fingerprint density at radius 2 is 2.00 bits per heavy atom. The minimum absolute atomic E-state index is 0.00384. The van der Waals surface area contributed by atoms with Gasteiger partial charge in [0.15, 0.2) is 0 Å². The number of ether oxygens (including phenoxy) is 1. The van der Waals surface area contributed by atoms with Gasteiger partial charge in [0, 0.05) is 13.2 Å². The van der Waals surface area contributed by atoms with Crippen molar-refractivity contribution in [3.63, 3.8) is 0 Å². The topological polar surface area (TPSA) is 70.0 Å². The molecule has 0 saturated heterocycles. The van der Waals surface area contributed by atoms with Crippen LogP contribution in [0.15, 0.2) is 0 Å². The molecule has 0 aliphatic heterocycles. The molecule has 0 spiro atoms. The summed E-state index contributed by atoms with van der Waals surface area (Å²) in [6.07, 6.45) is 1.59. The average molecular weight is 203 g/mol. The van der Waals surface area contributed by atoms with Crippen LogP contribution in [-0.2, 0) is 4.74 Å². The van der Waals surface area contributed by atoms with E-state index in [-0.39, 0.29) is 18.9 Å². The van der Waals surface area contributed by atoms with Gasteiger partial charge in [0.2, 0.25) is 0 Å². The van der Waals surface area contributed by atoms with Crippen LogP contribution in [0, 0.1) is 0 Å². The summed E-state index contributed by atoms with van der Waals surface area (Å²) in [6.45, 7) is 0.107. The predicted molar refractivity (Wildman–Crippen MR) is 50.0 cm³/mol. The molecular formula is C9H17NO4. The molecule has 82 valence electrons. The van der Waals surface area contributed by atoms with Gasteiger partial charge in [-0.1, -0.05) is 0 Å². The van der Waals surface area contributed by atoms with Crippen molar-refractivity contribution in [2.24, 2.45) is 0 Å². The largest absolute Gasteiger partial charge is 0.465 e. The smallest absolute Gasteiger partial charge is 0.409 e. The van der Waals surface area contributed by atoms with Crippen molar-refractivity contribution in [1.29, 1.82) is 0 Å². The van der Waals surface area contributed by atoms with E-state index >= 15 is 0 Å². The third-order valence-electron chi connectivity index (χ3n) is 2.62. The molecule has 1 saturated carbocycles.